The van der Waals surface area contributed by atoms with Crippen LogP contribution in [-0.2, 0) is 6.54 Å². The standard InChI is InChI=1S/C14H12BrN3O2S/c15-12-4-3-10(19-12)8-18-6-9(7-18)14-16-13(17-20-14)11-2-1-5-21-11/h1-5,9H,6-8H2. The molecule has 5 nitrogen and oxygen atoms in total. The van der Waals surface area contributed by atoms with Crippen LogP contribution in [0.3, 0.4) is 0 Å². The van der Waals surface area contributed by atoms with Crippen LogP contribution in [0, 0.1) is 0 Å². The lowest BCUT2D eigenvalue weighted by Gasteiger charge is -2.36. The van der Waals surface area contributed by atoms with Crippen LogP contribution in [-0.4, -0.2) is 28.1 Å². The second kappa shape index (κ2) is 5.40. The fraction of sp³-hybridized carbons (Fsp3) is 0.286. The zero-order valence-corrected chi connectivity index (χ0v) is 13.4. The van der Waals surface area contributed by atoms with Crippen LogP contribution in [0.15, 0.2) is 43.3 Å². The van der Waals surface area contributed by atoms with E-state index in [0.29, 0.717) is 11.7 Å². The summed E-state index contributed by atoms with van der Waals surface area (Å²) in [6.45, 7) is 2.66. The van der Waals surface area contributed by atoms with Crippen LogP contribution in [0.4, 0.5) is 0 Å². The molecule has 0 N–H and O–H groups in total. The first-order chi connectivity index (χ1) is 10.3. The van der Waals surface area contributed by atoms with Gasteiger partial charge in [0.15, 0.2) is 4.67 Å². The summed E-state index contributed by atoms with van der Waals surface area (Å²) < 4.78 is 11.7. The summed E-state index contributed by atoms with van der Waals surface area (Å²) >= 11 is 4.93. The Morgan fingerprint density at radius 3 is 2.95 bits per heavy atom. The van der Waals surface area contributed by atoms with Gasteiger partial charge in [0.2, 0.25) is 11.7 Å². The van der Waals surface area contributed by atoms with E-state index in [0.717, 1.165) is 40.8 Å². The van der Waals surface area contributed by atoms with Crippen molar-refractivity contribution < 1.29 is 8.94 Å². The third kappa shape index (κ3) is 2.68. The fourth-order valence-corrected chi connectivity index (χ4v) is 3.41. The smallest absolute Gasteiger partial charge is 0.232 e. The highest BCUT2D eigenvalue weighted by Crippen LogP contribution is 2.30. The van der Waals surface area contributed by atoms with Crippen molar-refractivity contribution in [1.29, 1.82) is 0 Å². The first-order valence-electron chi connectivity index (χ1n) is 6.62. The van der Waals surface area contributed by atoms with Gasteiger partial charge in [-0.25, -0.2) is 0 Å². The minimum absolute atomic E-state index is 0.324. The van der Waals surface area contributed by atoms with Gasteiger partial charge in [-0.1, -0.05) is 11.2 Å². The van der Waals surface area contributed by atoms with E-state index in [1.807, 2.05) is 29.6 Å². The molecule has 0 aromatic carbocycles. The molecule has 0 bridgehead atoms. The predicted octanol–water partition coefficient (Wildman–Crippen LogP) is 3.75. The van der Waals surface area contributed by atoms with Gasteiger partial charge < -0.3 is 8.94 Å². The minimum Gasteiger partial charge on any atom is -0.453 e. The summed E-state index contributed by atoms with van der Waals surface area (Å²) in [5.74, 6) is 2.71. The Kier molecular flexibility index (Phi) is 3.40. The van der Waals surface area contributed by atoms with Crippen molar-refractivity contribution in [2.24, 2.45) is 0 Å². The summed E-state index contributed by atoms with van der Waals surface area (Å²) in [6, 6.07) is 7.89. The van der Waals surface area contributed by atoms with Crippen molar-refractivity contribution in [3.63, 3.8) is 0 Å². The van der Waals surface area contributed by atoms with Gasteiger partial charge in [-0.3, -0.25) is 4.90 Å². The Labute approximate surface area is 133 Å². The molecule has 1 fully saturated rings. The highest BCUT2D eigenvalue weighted by molar-refractivity contribution is 9.10. The molecule has 3 aromatic rings. The van der Waals surface area contributed by atoms with Gasteiger partial charge in [0, 0.05) is 13.1 Å². The van der Waals surface area contributed by atoms with Crippen molar-refractivity contribution in [3.05, 3.63) is 46.0 Å². The first-order valence-corrected chi connectivity index (χ1v) is 8.29. The molecule has 0 unspecified atom stereocenters. The maximum atomic E-state index is 5.51. The normalized spacial score (nSPS) is 16.2. The molecule has 1 aliphatic rings. The molecule has 21 heavy (non-hydrogen) atoms. The monoisotopic (exact) mass is 365 g/mol. The van der Waals surface area contributed by atoms with Gasteiger partial charge in [-0.2, -0.15) is 4.98 Å². The maximum absolute atomic E-state index is 5.51. The van der Waals surface area contributed by atoms with E-state index in [2.05, 4.69) is 31.0 Å². The van der Waals surface area contributed by atoms with Crippen molar-refractivity contribution in [2.45, 2.75) is 12.5 Å². The molecule has 0 amide bonds. The van der Waals surface area contributed by atoms with Crippen LogP contribution in [0.1, 0.15) is 17.6 Å². The number of hydrogen-bond donors (Lipinski definition) is 0. The second-order valence-electron chi connectivity index (χ2n) is 5.03. The van der Waals surface area contributed by atoms with Crippen LogP contribution in [0.25, 0.3) is 10.7 Å². The summed E-state index contributed by atoms with van der Waals surface area (Å²) in [5, 5.41) is 6.07. The Morgan fingerprint density at radius 2 is 2.24 bits per heavy atom. The number of furan rings is 1. The molecule has 3 aromatic heterocycles. The number of likely N-dealkylation sites (tertiary alicyclic amines) is 1. The van der Waals surface area contributed by atoms with Crippen LogP contribution < -0.4 is 0 Å². The second-order valence-corrected chi connectivity index (χ2v) is 6.76. The van der Waals surface area contributed by atoms with E-state index in [1.54, 1.807) is 11.3 Å². The van der Waals surface area contributed by atoms with E-state index in [-0.39, 0.29) is 0 Å². The van der Waals surface area contributed by atoms with Gasteiger partial charge in [-0.15, -0.1) is 11.3 Å². The highest BCUT2D eigenvalue weighted by Gasteiger charge is 2.33. The van der Waals surface area contributed by atoms with Gasteiger partial charge in [0.1, 0.15) is 5.76 Å². The SMILES string of the molecule is Brc1ccc(CN2CC(c3nc(-c4cccs4)no3)C2)o1. The molecular formula is C14H12BrN3O2S. The third-order valence-electron chi connectivity index (χ3n) is 3.50. The summed E-state index contributed by atoms with van der Waals surface area (Å²) in [5.41, 5.74) is 0. The van der Waals surface area contributed by atoms with E-state index in [1.165, 1.54) is 0 Å². The Balaban J connectivity index is 1.37. The molecular weight excluding hydrogens is 354 g/mol. The number of nitrogens with zero attached hydrogens (tertiary/aromatic N) is 3. The predicted molar refractivity (Wildman–Crippen MR) is 82.0 cm³/mol. The van der Waals surface area contributed by atoms with E-state index in [9.17, 15) is 0 Å². The van der Waals surface area contributed by atoms with Gasteiger partial charge in [0.05, 0.1) is 17.3 Å². The third-order valence-corrected chi connectivity index (χ3v) is 4.79. The molecule has 0 saturated carbocycles. The molecule has 0 spiro atoms. The number of rotatable bonds is 4. The van der Waals surface area contributed by atoms with Crippen LogP contribution >= 0.6 is 27.3 Å². The lowest BCUT2D eigenvalue weighted by Crippen LogP contribution is -2.44. The van der Waals surface area contributed by atoms with Crippen LogP contribution in [0.2, 0.25) is 0 Å². The molecule has 7 heteroatoms. The molecule has 4 rings (SSSR count). The molecule has 1 aliphatic heterocycles. The van der Waals surface area contributed by atoms with E-state index in [4.69, 9.17) is 8.94 Å². The quantitative estimate of drug-likeness (QED) is 0.704. The Bertz CT molecular complexity index is 731. The average Bonchev–Trinajstić information content (AvgIpc) is 3.14. The molecule has 0 aliphatic carbocycles. The molecule has 108 valence electrons. The topological polar surface area (TPSA) is 55.3 Å². The minimum atomic E-state index is 0.324. The number of halogens is 1. The maximum Gasteiger partial charge on any atom is 0.232 e. The zero-order chi connectivity index (χ0) is 14.2. The molecule has 0 atom stereocenters. The highest BCUT2D eigenvalue weighted by atomic mass is 79.9. The molecule has 0 radical (unpaired) electrons. The first kappa shape index (κ1) is 13.2. The van der Waals surface area contributed by atoms with Gasteiger partial charge >= 0.3 is 0 Å². The lowest BCUT2D eigenvalue weighted by atomic mass is 10.00. The van der Waals surface area contributed by atoms with E-state index >= 15 is 0 Å². The molecule has 1 saturated heterocycles. The summed E-state index contributed by atoms with van der Waals surface area (Å²) in [7, 11) is 0. The Morgan fingerprint density at radius 1 is 1.33 bits per heavy atom. The summed E-state index contributed by atoms with van der Waals surface area (Å²) in [6.07, 6.45) is 0. The van der Waals surface area contributed by atoms with Crippen molar-refractivity contribution in [3.8, 4) is 10.7 Å². The molecule has 4 heterocycles. The average molecular weight is 366 g/mol. The number of aromatic nitrogens is 2. The van der Waals surface area contributed by atoms with Crippen molar-refractivity contribution in [1.82, 2.24) is 15.0 Å². The zero-order valence-electron chi connectivity index (χ0n) is 11.0. The van der Waals surface area contributed by atoms with Crippen LogP contribution in [0.5, 0.6) is 0 Å². The van der Waals surface area contributed by atoms with Crippen molar-refractivity contribution in [2.75, 3.05) is 13.1 Å². The van der Waals surface area contributed by atoms with Crippen molar-refractivity contribution >= 4 is 27.3 Å². The number of hydrogen-bond acceptors (Lipinski definition) is 6. The number of thiophene rings is 1. The summed E-state index contributed by atoms with van der Waals surface area (Å²) in [4.78, 5) is 7.84. The Hall–Kier alpha value is -1.44. The fourth-order valence-electron chi connectivity index (χ4n) is 2.42. The van der Waals surface area contributed by atoms with Gasteiger partial charge in [0.25, 0.3) is 0 Å². The largest absolute Gasteiger partial charge is 0.453 e. The van der Waals surface area contributed by atoms with E-state index < -0.39 is 0 Å². The van der Waals surface area contributed by atoms with Gasteiger partial charge in [-0.05, 0) is 39.5 Å². The lowest BCUT2D eigenvalue weighted by molar-refractivity contribution is 0.108.